The molecule has 1 saturated heterocycles. The number of hydrogen-bond acceptors (Lipinski definition) is 4. The first-order chi connectivity index (χ1) is 13.6. The molecule has 2 atom stereocenters. The Kier molecular flexibility index (Phi) is 14.3. The lowest BCUT2D eigenvalue weighted by molar-refractivity contribution is -0.149. The Morgan fingerprint density at radius 1 is 0.964 bits per heavy atom. The van der Waals surface area contributed by atoms with Gasteiger partial charge in [0.05, 0.1) is 0 Å². The minimum atomic E-state index is -0.882. The third kappa shape index (κ3) is 12.7. The van der Waals surface area contributed by atoms with Gasteiger partial charge in [-0.1, -0.05) is 63.3 Å². The molecule has 0 bridgehead atoms. The molecule has 0 saturated carbocycles. The van der Waals surface area contributed by atoms with Crippen molar-refractivity contribution in [3.63, 3.8) is 0 Å². The summed E-state index contributed by atoms with van der Waals surface area (Å²) in [6.45, 7) is 2.67. The van der Waals surface area contributed by atoms with Crippen molar-refractivity contribution in [1.29, 1.82) is 0 Å². The van der Waals surface area contributed by atoms with E-state index in [-0.39, 0.29) is 12.1 Å². The predicted molar refractivity (Wildman–Crippen MR) is 113 cm³/mol. The van der Waals surface area contributed by atoms with Crippen molar-refractivity contribution >= 4 is 11.9 Å². The summed E-state index contributed by atoms with van der Waals surface area (Å²) in [5, 5.41) is 11.8. The SMILES string of the molecule is CCCCC/C=C\C/C=C\CCCCCCCC(=O)O[C@H]1CN[C@H](C(=O)O)C1. The van der Waals surface area contributed by atoms with Gasteiger partial charge < -0.3 is 15.2 Å². The van der Waals surface area contributed by atoms with Gasteiger partial charge in [0, 0.05) is 19.4 Å². The summed E-state index contributed by atoms with van der Waals surface area (Å²) in [5.41, 5.74) is 0. The number of carbonyl (C=O) groups is 2. The highest BCUT2D eigenvalue weighted by atomic mass is 16.5. The van der Waals surface area contributed by atoms with Gasteiger partial charge >= 0.3 is 11.9 Å². The maximum absolute atomic E-state index is 11.8. The van der Waals surface area contributed by atoms with Crippen molar-refractivity contribution in [2.45, 2.75) is 103 Å². The number of ether oxygens (including phenoxy) is 1. The first-order valence-corrected chi connectivity index (χ1v) is 11.1. The van der Waals surface area contributed by atoms with Gasteiger partial charge in [0.2, 0.25) is 0 Å². The van der Waals surface area contributed by atoms with E-state index in [1.807, 2.05) is 0 Å². The van der Waals surface area contributed by atoms with E-state index in [0.717, 1.165) is 32.1 Å². The molecule has 0 unspecified atom stereocenters. The number of carbonyl (C=O) groups excluding carboxylic acids is 1. The predicted octanol–water partition coefficient (Wildman–Crippen LogP) is 5.16. The third-order valence-electron chi connectivity index (χ3n) is 5.02. The summed E-state index contributed by atoms with van der Waals surface area (Å²) in [6, 6.07) is -0.589. The van der Waals surface area contributed by atoms with Crippen molar-refractivity contribution in [2.24, 2.45) is 0 Å². The minimum absolute atomic E-state index is 0.205. The Morgan fingerprint density at radius 2 is 1.61 bits per heavy atom. The second-order valence-electron chi connectivity index (χ2n) is 7.63. The van der Waals surface area contributed by atoms with Crippen LogP contribution in [0.3, 0.4) is 0 Å². The van der Waals surface area contributed by atoms with Gasteiger partial charge in [0.25, 0.3) is 0 Å². The number of allylic oxidation sites excluding steroid dienone is 4. The van der Waals surface area contributed by atoms with E-state index in [4.69, 9.17) is 9.84 Å². The van der Waals surface area contributed by atoms with Crippen LogP contribution in [-0.2, 0) is 14.3 Å². The van der Waals surface area contributed by atoms with E-state index < -0.39 is 12.0 Å². The molecular weight excluding hydrogens is 354 g/mol. The Balaban J connectivity index is 1.88. The topological polar surface area (TPSA) is 75.6 Å². The summed E-state index contributed by atoms with van der Waals surface area (Å²) in [6.07, 6.45) is 22.3. The number of nitrogens with one attached hydrogen (secondary N) is 1. The smallest absolute Gasteiger partial charge is 0.320 e. The number of hydrogen-bond donors (Lipinski definition) is 2. The Bertz CT molecular complexity index is 487. The van der Waals surface area contributed by atoms with E-state index in [2.05, 4.69) is 36.5 Å². The summed E-state index contributed by atoms with van der Waals surface area (Å²) in [5.74, 6) is -1.09. The molecule has 2 N–H and O–H groups in total. The summed E-state index contributed by atoms with van der Waals surface area (Å²) in [4.78, 5) is 22.6. The number of carboxylic acids is 1. The first kappa shape index (κ1) is 24.4. The van der Waals surface area contributed by atoms with Crippen LogP contribution in [0.2, 0.25) is 0 Å². The van der Waals surface area contributed by atoms with Crippen molar-refractivity contribution in [3.05, 3.63) is 24.3 Å². The summed E-state index contributed by atoms with van der Waals surface area (Å²) in [7, 11) is 0. The first-order valence-electron chi connectivity index (χ1n) is 11.1. The number of unbranched alkanes of at least 4 members (excludes halogenated alkanes) is 8. The Morgan fingerprint density at radius 3 is 2.25 bits per heavy atom. The van der Waals surface area contributed by atoms with E-state index in [1.54, 1.807) is 0 Å². The van der Waals surface area contributed by atoms with Gasteiger partial charge in [-0.3, -0.25) is 9.59 Å². The van der Waals surface area contributed by atoms with Crippen LogP contribution < -0.4 is 5.32 Å². The quantitative estimate of drug-likeness (QED) is 0.215. The monoisotopic (exact) mass is 393 g/mol. The number of aliphatic carboxylic acids is 1. The summed E-state index contributed by atoms with van der Waals surface area (Å²) >= 11 is 0. The fourth-order valence-electron chi connectivity index (χ4n) is 3.31. The van der Waals surface area contributed by atoms with Crippen molar-refractivity contribution in [3.8, 4) is 0 Å². The molecule has 160 valence electrons. The molecule has 1 rings (SSSR count). The molecule has 0 aliphatic carbocycles. The van der Waals surface area contributed by atoms with Gasteiger partial charge in [0.15, 0.2) is 0 Å². The molecule has 28 heavy (non-hydrogen) atoms. The fourth-order valence-corrected chi connectivity index (χ4v) is 3.31. The molecular formula is C23H39NO4. The van der Waals surface area contributed by atoms with Crippen molar-refractivity contribution < 1.29 is 19.4 Å². The van der Waals surface area contributed by atoms with E-state index >= 15 is 0 Å². The molecule has 0 amide bonds. The van der Waals surface area contributed by atoms with E-state index in [0.29, 0.717) is 19.4 Å². The zero-order chi connectivity index (χ0) is 20.5. The normalized spacial score (nSPS) is 19.6. The highest BCUT2D eigenvalue weighted by molar-refractivity contribution is 5.74. The second-order valence-corrected chi connectivity index (χ2v) is 7.63. The third-order valence-corrected chi connectivity index (χ3v) is 5.02. The lowest BCUT2D eigenvalue weighted by Crippen LogP contribution is -2.30. The van der Waals surface area contributed by atoms with Gasteiger partial charge in [0.1, 0.15) is 12.1 Å². The Labute approximate surface area is 170 Å². The standard InChI is InChI=1S/C23H39NO4/c1-2-3-4-5-6-7-8-9-10-11-12-13-14-15-16-17-22(25)28-20-18-21(23(26)27)24-19-20/h6-7,9-10,20-21,24H,2-5,8,11-19H2,1H3,(H,26,27)/b7-6-,10-9-/t20-,21+/m1/s1. The average molecular weight is 394 g/mol. The number of rotatable bonds is 16. The van der Waals surface area contributed by atoms with Gasteiger partial charge in [-0.15, -0.1) is 0 Å². The van der Waals surface area contributed by atoms with Crippen LogP contribution in [0.15, 0.2) is 24.3 Å². The van der Waals surface area contributed by atoms with E-state index in [1.165, 1.54) is 38.5 Å². The van der Waals surface area contributed by atoms with Crippen molar-refractivity contribution in [2.75, 3.05) is 6.54 Å². The molecule has 0 aromatic rings. The molecule has 0 radical (unpaired) electrons. The average Bonchev–Trinajstić information content (AvgIpc) is 3.13. The molecule has 1 fully saturated rings. The van der Waals surface area contributed by atoms with Crippen LogP contribution in [0.4, 0.5) is 0 Å². The highest BCUT2D eigenvalue weighted by Crippen LogP contribution is 2.13. The Hall–Kier alpha value is -1.62. The van der Waals surface area contributed by atoms with Crippen LogP contribution in [0, 0.1) is 0 Å². The maximum Gasteiger partial charge on any atom is 0.320 e. The molecule has 0 aromatic heterocycles. The zero-order valence-electron chi connectivity index (χ0n) is 17.5. The van der Waals surface area contributed by atoms with E-state index in [9.17, 15) is 9.59 Å². The van der Waals surface area contributed by atoms with Gasteiger partial charge in [-0.05, 0) is 38.5 Å². The molecule has 5 heteroatoms. The largest absolute Gasteiger partial charge is 0.480 e. The number of esters is 1. The van der Waals surface area contributed by atoms with Crippen LogP contribution >= 0.6 is 0 Å². The molecule has 0 spiro atoms. The lowest BCUT2D eigenvalue weighted by atomic mass is 10.1. The minimum Gasteiger partial charge on any atom is -0.480 e. The maximum atomic E-state index is 11.8. The van der Waals surface area contributed by atoms with Crippen LogP contribution in [0.1, 0.15) is 90.4 Å². The van der Waals surface area contributed by atoms with Crippen LogP contribution in [0.5, 0.6) is 0 Å². The fraction of sp³-hybridized carbons (Fsp3) is 0.739. The number of carboxylic acid groups (broad SMARTS) is 1. The second kappa shape index (κ2) is 16.3. The lowest BCUT2D eigenvalue weighted by Gasteiger charge is -2.10. The van der Waals surface area contributed by atoms with Gasteiger partial charge in [-0.2, -0.15) is 0 Å². The molecule has 1 aliphatic rings. The molecule has 0 aromatic carbocycles. The molecule has 1 aliphatic heterocycles. The molecule has 5 nitrogen and oxygen atoms in total. The van der Waals surface area contributed by atoms with Crippen LogP contribution in [0.25, 0.3) is 0 Å². The zero-order valence-corrected chi connectivity index (χ0v) is 17.5. The van der Waals surface area contributed by atoms with Crippen molar-refractivity contribution in [1.82, 2.24) is 5.32 Å². The molecule has 1 heterocycles. The highest BCUT2D eigenvalue weighted by Gasteiger charge is 2.31. The van der Waals surface area contributed by atoms with Gasteiger partial charge in [-0.25, -0.2) is 0 Å². The summed E-state index contributed by atoms with van der Waals surface area (Å²) < 4.78 is 5.33. The van der Waals surface area contributed by atoms with Crippen LogP contribution in [-0.4, -0.2) is 35.7 Å².